The molecular weight excluding hydrogens is 268 g/mol. The number of hydrogen-bond acceptors (Lipinski definition) is 6. The van der Waals surface area contributed by atoms with Crippen molar-refractivity contribution in [2.45, 2.75) is 26.2 Å². The van der Waals surface area contributed by atoms with Crippen molar-refractivity contribution in [1.82, 2.24) is 9.97 Å². The van der Waals surface area contributed by atoms with Crippen LogP contribution in [0.4, 0.5) is 10.5 Å². The highest BCUT2D eigenvalue weighted by molar-refractivity contribution is 7.82. The summed E-state index contributed by atoms with van der Waals surface area (Å²) in [6.07, 6.45) is 4.41. The van der Waals surface area contributed by atoms with E-state index in [2.05, 4.69) is 29.7 Å². The molecule has 0 spiro atoms. The molecule has 8 heteroatoms. The minimum atomic E-state index is -0.740. The fraction of sp³-hybridized carbons (Fsp3) is 0.545. The Morgan fingerprint density at radius 1 is 1.53 bits per heavy atom. The summed E-state index contributed by atoms with van der Waals surface area (Å²) in [4.78, 5) is 19.0. The Hall–Kier alpha value is -1.70. The minimum Gasteiger partial charge on any atom is -0.476 e. The topological polar surface area (TPSA) is 90.6 Å². The smallest absolute Gasteiger partial charge is 0.329 e. The molecule has 0 fully saturated rings. The van der Waals surface area contributed by atoms with Crippen molar-refractivity contribution >= 4 is 24.5 Å². The van der Waals surface area contributed by atoms with Crippen LogP contribution in [-0.4, -0.2) is 29.7 Å². The molecule has 0 bridgehead atoms. The van der Waals surface area contributed by atoms with E-state index in [1.807, 2.05) is 0 Å². The second-order valence-electron chi connectivity index (χ2n) is 3.75. The standard InChI is InChI=1S/C11H18N4O3S/c1-3-4-5-6-18-9-8(15(19)10(12)16)7-13-11(14-9)17-2/h7,19H,3-6H2,1-2H3,(H2,12,16). The number of thiol groups is 1. The van der Waals surface area contributed by atoms with Gasteiger partial charge in [0.25, 0.3) is 0 Å². The highest BCUT2D eigenvalue weighted by atomic mass is 32.1. The van der Waals surface area contributed by atoms with Gasteiger partial charge in [-0.05, 0) is 6.42 Å². The molecule has 2 N–H and O–H groups in total. The highest BCUT2D eigenvalue weighted by Gasteiger charge is 2.17. The van der Waals surface area contributed by atoms with Crippen LogP contribution in [0.25, 0.3) is 0 Å². The van der Waals surface area contributed by atoms with E-state index in [0.29, 0.717) is 6.61 Å². The monoisotopic (exact) mass is 286 g/mol. The normalized spacial score (nSPS) is 10.1. The van der Waals surface area contributed by atoms with E-state index < -0.39 is 6.03 Å². The largest absolute Gasteiger partial charge is 0.476 e. The molecule has 0 unspecified atom stereocenters. The SMILES string of the molecule is CCCCCOc1nc(OC)ncc1N(S)C(N)=O. The fourth-order valence-electron chi connectivity index (χ4n) is 1.33. The lowest BCUT2D eigenvalue weighted by molar-refractivity contribution is 0.256. The number of rotatable bonds is 7. The second-order valence-corrected chi connectivity index (χ2v) is 4.15. The molecule has 1 aromatic heterocycles. The summed E-state index contributed by atoms with van der Waals surface area (Å²) >= 11 is 3.97. The van der Waals surface area contributed by atoms with Crippen molar-refractivity contribution in [3.05, 3.63) is 6.20 Å². The van der Waals surface area contributed by atoms with Crippen molar-refractivity contribution in [3.63, 3.8) is 0 Å². The van der Waals surface area contributed by atoms with E-state index in [-0.39, 0.29) is 17.6 Å². The van der Waals surface area contributed by atoms with Gasteiger partial charge in [-0.3, -0.25) is 0 Å². The third-order valence-corrected chi connectivity index (χ3v) is 2.73. The van der Waals surface area contributed by atoms with Gasteiger partial charge in [-0.1, -0.05) is 32.6 Å². The van der Waals surface area contributed by atoms with Crippen LogP contribution in [0, 0.1) is 0 Å². The molecule has 1 aromatic rings. The molecule has 1 heterocycles. The Morgan fingerprint density at radius 2 is 2.26 bits per heavy atom. The number of carbonyl (C=O) groups is 1. The maximum absolute atomic E-state index is 11.1. The number of aromatic nitrogens is 2. The number of unbranched alkanes of at least 4 members (excludes halogenated alkanes) is 2. The summed E-state index contributed by atoms with van der Waals surface area (Å²) in [5.74, 6) is 0.219. The number of carbonyl (C=O) groups excluding carboxylic acids is 1. The van der Waals surface area contributed by atoms with Gasteiger partial charge in [-0.2, -0.15) is 4.98 Å². The summed E-state index contributed by atoms with van der Waals surface area (Å²) in [6, 6.07) is -0.587. The molecule has 106 valence electrons. The zero-order chi connectivity index (χ0) is 14.3. The third-order valence-electron chi connectivity index (χ3n) is 2.32. The van der Waals surface area contributed by atoms with E-state index in [1.165, 1.54) is 13.3 Å². The van der Waals surface area contributed by atoms with Crippen LogP contribution in [0.5, 0.6) is 11.9 Å². The second kappa shape index (κ2) is 7.67. The quantitative estimate of drug-likeness (QED) is 0.589. The number of primary amides is 1. The predicted molar refractivity (Wildman–Crippen MR) is 74.7 cm³/mol. The zero-order valence-corrected chi connectivity index (χ0v) is 11.9. The molecule has 0 aliphatic rings. The number of nitrogens with zero attached hydrogens (tertiary/aromatic N) is 3. The van der Waals surface area contributed by atoms with Gasteiger partial charge >= 0.3 is 12.0 Å². The van der Waals surface area contributed by atoms with Crippen LogP contribution in [0.3, 0.4) is 0 Å². The van der Waals surface area contributed by atoms with E-state index >= 15 is 0 Å². The third kappa shape index (κ3) is 4.47. The molecule has 2 amide bonds. The molecule has 7 nitrogen and oxygen atoms in total. The van der Waals surface area contributed by atoms with Gasteiger partial charge in [-0.15, -0.1) is 0 Å². The first-order chi connectivity index (χ1) is 9.10. The Labute approximate surface area is 117 Å². The van der Waals surface area contributed by atoms with Gasteiger partial charge in [0.05, 0.1) is 19.9 Å². The molecule has 0 aliphatic heterocycles. The van der Waals surface area contributed by atoms with Crippen LogP contribution < -0.4 is 19.5 Å². The van der Waals surface area contributed by atoms with Crippen LogP contribution >= 0.6 is 12.8 Å². The van der Waals surface area contributed by atoms with E-state index in [0.717, 1.165) is 23.6 Å². The number of hydrogen-bond donors (Lipinski definition) is 2. The summed E-state index contributed by atoms with van der Waals surface area (Å²) < 4.78 is 11.4. The number of nitrogens with two attached hydrogens (primary N) is 1. The molecule has 0 saturated carbocycles. The predicted octanol–water partition coefficient (Wildman–Crippen LogP) is 1.78. The van der Waals surface area contributed by atoms with Crippen LogP contribution in [-0.2, 0) is 0 Å². The molecule has 0 aromatic carbocycles. The summed E-state index contributed by atoms with van der Waals surface area (Å²) in [5.41, 5.74) is 5.44. The van der Waals surface area contributed by atoms with Crippen molar-refractivity contribution in [2.75, 3.05) is 18.0 Å². The Bertz CT molecular complexity index is 430. The molecule has 19 heavy (non-hydrogen) atoms. The van der Waals surface area contributed by atoms with E-state index in [4.69, 9.17) is 15.2 Å². The highest BCUT2D eigenvalue weighted by Crippen LogP contribution is 2.28. The summed E-state index contributed by atoms with van der Waals surface area (Å²) in [7, 11) is 1.45. The maximum atomic E-state index is 11.1. The number of methoxy groups -OCH3 is 1. The van der Waals surface area contributed by atoms with E-state index in [1.54, 1.807) is 0 Å². The first-order valence-corrected chi connectivity index (χ1v) is 6.32. The van der Waals surface area contributed by atoms with E-state index in [9.17, 15) is 4.79 Å². The summed E-state index contributed by atoms with van der Waals surface area (Å²) in [5, 5.41) is 0. The molecule has 0 radical (unpaired) electrons. The maximum Gasteiger partial charge on any atom is 0.329 e. The zero-order valence-electron chi connectivity index (χ0n) is 11.0. The van der Waals surface area contributed by atoms with Crippen LogP contribution in [0.1, 0.15) is 26.2 Å². The molecular formula is C11H18N4O3S. The van der Waals surface area contributed by atoms with Crippen LogP contribution in [0.2, 0.25) is 0 Å². The van der Waals surface area contributed by atoms with Crippen molar-refractivity contribution in [3.8, 4) is 11.9 Å². The Kier molecular flexibility index (Phi) is 6.20. The number of urea groups is 1. The van der Waals surface area contributed by atoms with Gasteiger partial charge in [0.15, 0.2) is 0 Å². The van der Waals surface area contributed by atoms with Crippen molar-refractivity contribution in [2.24, 2.45) is 5.73 Å². The molecule has 0 aliphatic carbocycles. The summed E-state index contributed by atoms with van der Waals surface area (Å²) in [6.45, 7) is 2.59. The number of ether oxygens (including phenoxy) is 2. The number of anilines is 1. The van der Waals surface area contributed by atoms with Gasteiger partial charge in [-0.25, -0.2) is 14.1 Å². The van der Waals surface area contributed by atoms with Gasteiger partial charge in [0.2, 0.25) is 5.88 Å². The van der Waals surface area contributed by atoms with Crippen molar-refractivity contribution in [1.29, 1.82) is 0 Å². The van der Waals surface area contributed by atoms with Gasteiger partial charge in [0.1, 0.15) is 5.69 Å². The lowest BCUT2D eigenvalue weighted by atomic mass is 10.3. The average molecular weight is 286 g/mol. The van der Waals surface area contributed by atoms with Crippen LogP contribution in [0.15, 0.2) is 6.20 Å². The Balaban J connectivity index is 2.86. The Morgan fingerprint density at radius 3 is 2.84 bits per heavy atom. The minimum absolute atomic E-state index is 0.153. The molecule has 1 rings (SSSR count). The van der Waals surface area contributed by atoms with Gasteiger partial charge in [0, 0.05) is 0 Å². The lowest BCUT2D eigenvalue weighted by Gasteiger charge is -2.16. The molecule has 0 atom stereocenters. The van der Waals surface area contributed by atoms with Crippen molar-refractivity contribution < 1.29 is 14.3 Å². The first kappa shape index (κ1) is 15.4. The lowest BCUT2D eigenvalue weighted by Crippen LogP contribution is -2.28. The van der Waals surface area contributed by atoms with Gasteiger partial charge < -0.3 is 15.2 Å². The first-order valence-electron chi connectivity index (χ1n) is 5.92. The fourth-order valence-corrected chi connectivity index (χ4v) is 1.47. The average Bonchev–Trinajstić information content (AvgIpc) is 2.42. The number of amides is 2. The molecule has 0 saturated heterocycles.